The molecule has 0 aliphatic carbocycles. The molecular formula is C25H16ClF2N5O2. The zero-order chi connectivity index (χ0) is 24.5. The Morgan fingerprint density at radius 3 is 2.51 bits per heavy atom. The van der Waals surface area contributed by atoms with Gasteiger partial charge < -0.3 is 20.8 Å². The number of nitrogens with one attached hydrogen (secondary N) is 2. The number of H-pyrrole nitrogens is 1. The molecule has 10 heteroatoms. The van der Waals surface area contributed by atoms with Crippen molar-refractivity contribution in [3.05, 3.63) is 100 Å². The van der Waals surface area contributed by atoms with E-state index in [0.717, 1.165) is 0 Å². The van der Waals surface area contributed by atoms with E-state index in [1.165, 1.54) is 54.9 Å². The molecule has 35 heavy (non-hydrogen) atoms. The van der Waals surface area contributed by atoms with E-state index in [4.69, 9.17) is 22.1 Å². The number of anilines is 3. The van der Waals surface area contributed by atoms with Crippen molar-refractivity contribution in [2.45, 2.75) is 0 Å². The third-order valence-corrected chi connectivity index (χ3v) is 5.63. The maximum atomic E-state index is 14.8. The lowest BCUT2D eigenvalue weighted by Crippen LogP contribution is -2.10. The molecule has 0 radical (unpaired) electrons. The van der Waals surface area contributed by atoms with Gasteiger partial charge in [0.05, 0.1) is 10.9 Å². The van der Waals surface area contributed by atoms with Gasteiger partial charge in [-0.3, -0.25) is 4.79 Å². The number of aromatic nitrogens is 3. The Hall–Kier alpha value is -4.50. The third-order valence-electron chi connectivity index (χ3n) is 5.25. The average Bonchev–Trinajstić information content (AvgIpc) is 2.84. The molecule has 4 N–H and O–H groups in total. The zero-order valence-corrected chi connectivity index (χ0v) is 18.6. The molecular weight excluding hydrogens is 476 g/mol. The minimum absolute atomic E-state index is 0.0649. The first kappa shape index (κ1) is 22.3. The molecule has 5 aromatic rings. The Balaban J connectivity index is 1.49. The molecule has 2 aromatic carbocycles. The van der Waals surface area contributed by atoms with Crippen molar-refractivity contribution in [2.24, 2.45) is 0 Å². The summed E-state index contributed by atoms with van der Waals surface area (Å²) < 4.78 is 33.7. The number of benzene rings is 2. The molecule has 7 nitrogen and oxygen atoms in total. The van der Waals surface area contributed by atoms with Crippen molar-refractivity contribution >= 4 is 39.8 Å². The highest BCUT2D eigenvalue weighted by Crippen LogP contribution is 2.34. The fourth-order valence-electron chi connectivity index (χ4n) is 3.54. The monoisotopic (exact) mass is 491 g/mol. The van der Waals surface area contributed by atoms with E-state index in [0.29, 0.717) is 22.3 Å². The van der Waals surface area contributed by atoms with Crippen LogP contribution in [0.4, 0.5) is 26.1 Å². The second-order valence-electron chi connectivity index (χ2n) is 7.50. The SMILES string of the molecule is Nc1nccc(Oc2ccc(Nc3nccc4[nH]cc(-c5ccc(F)cc5)c(=O)c34)cc2F)c1Cl. The maximum Gasteiger partial charge on any atom is 0.200 e. The molecule has 0 aliphatic rings. The lowest BCUT2D eigenvalue weighted by atomic mass is 10.0. The van der Waals surface area contributed by atoms with Crippen LogP contribution in [0, 0.1) is 11.6 Å². The molecule has 0 aliphatic heterocycles. The van der Waals surface area contributed by atoms with Crippen molar-refractivity contribution < 1.29 is 13.5 Å². The lowest BCUT2D eigenvalue weighted by molar-refractivity contribution is 0.442. The van der Waals surface area contributed by atoms with Crippen molar-refractivity contribution in [1.29, 1.82) is 0 Å². The van der Waals surface area contributed by atoms with E-state index in [1.54, 1.807) is 18.3 Å². The molecule has 0 saturated carbocycles. The zero-order valence-electron chi connectivity index (χ0n) is 17.9. The highest BCUT2D eigenvalue weighted by Gasteiger charge is 2.15. The highest BCUT2D eigenvalue weighted by molar-refractivity contribution is 6.34. The molecule has 0 bridgehead atoms. The Kier molecular flexibility index (Phi) is 5.76. The van der Waals surface area contributed by atoms with Gasteiger partial charge in [0.25, 0.3) is 0 Å². The van der Waals surface area contributed by atoms with Gasteiger partial charge in [0, 0.05) is 42.0 Å². The molecule has 0 unspecified atom stereocenters. The van der Waals surface area contributed by atoms with E-state index in [-0.39, 0.29) is 39.0 Å². The van der Waals surface area contributed by atoms with Gasteiger partial charge in [-0.2, -0.15) is 0 Å². The van der Waals surface area contributed by atoms with Crippen LogP contribution in [0.2, 0.25) is 5.02 Å². The third kappa shape index (κ3) is 4.36. The molecule has 174 valence electrons. The number of nitrogens with two attached hydrogens (primary N) is 1. The van der Waals surface area contributed by atoms with Gasteiger partial charge in [-0.05, 0) is 35.9 Å². The van der Waals surface area contributed by atoms with Crippen molar-refractivity contribution in [3.63, 3.8) is 0 Å². The normalized spacial score (nSPS) is 10.9. The van der Waals surface area contributed by atoms with Gasteiger partial charge in [0.1, 0.15) is 22.5 Å². The van der Waals surface area contributed by atoms with Gasteiger partial charge in [-0.25, -0.2) is 18.7 Å². The standard InChI is InChI=1S/C25H16ClF2N5O2/c26-22-20(8-10-30-24(22)29)35-19-6-5-15(11-17(19)28)33-25-21-18(7-9-31-25)32-12-16(23(21)34)13-1-3-14(27)4-2-13/h1-12H,(H2,29,30)(H,31,33)(H,32,34). The summed E-state index contributed by atoms with van der Waals surface area (Å²) >= 11 is 6.06. The molecule has 0 fully saturated rings. The predicted molar refractivity (Wildman–Crippen MR) is 131 cm³/mol. The summed E-state index contributed by atoms with van der Waals surface area (Å²) in [7, 11) is 0. The van der Waals surface area contributed by atoms with Crippen molar-refractivity contribution in [2.75, 3.05) is 11.1 Å². The summed E-state index contributed by atoms with van der Waals surface area (Å²) in [4.78, 5) is 24.5. The Labute approximate surface area is 202 Å². The highest BCUT2D eigenvalue weighted by atomic mass is 35.5. The number of pyridine rings is 3. The van der Waals surface area contributed by atoms with Crippen LogP contribution in [-0.2, 0) is 0 Å². The number of ether oxygens (including phenoxy) is 1. The number of fused-ring (bicyclic) bond motifs is 1. The smallest absolute Gasteiger partial charge is 0.200 e. The van der Waals surface area contributed by atoms with E-state index < -0.39 is 11.6 Å². The van der Waals surface area contributed by atoms with Gasteiger partial charge in [-0.15, -0.1) is 0 Å². The first-order valence-corrected chi connectivity index (χ1v) is 10.7. The number of rotatable bonds is 5. The van der Waals surface area contributed by atoms with Crippen LogP contribution in [0.25, 0.3) is 22.0 Å². The molecule has 0 spiro atoms. The number of aromatic amines is 1. The maximum absolute atomic E-state index is 14.8. The number of hydrogen-bond donors (Lipinski definition) is 3. The fraction of sp³-hybridized carbons (Fsp3) is 0. The largest absolute Gasteiger partial charge is 0.453 e. The van der Waals surface area contributed by atoms with Gasteiger partial charge >= 0.3 is 0 Å². The first-order valence-electron chi connectivity index (χ1n) is 10.3. The van der Waals surface area contributed by atoms with Crippen molar-refractivity contribution in [1.82, 2.24) is 15.0 Å². The van der Waals surface area contributed by atoms with Crippen LogP contribution in [0.5, 0.6) is 11.5 Å². The average molecular weight is 492 g/mol. The lowest BCUT2D eigenvalue weighted by Gasteiger charge is -2.12. The fourth-order valence-corrected chi connectivity index (χ4v) is 3.69. The number of hydrogen-bond acceptors (Lipinski definition) is 6. The second kappa shape index (κ2) is 9.03. The molecule has 0 saturated heterocycles. The van der Waals surface area contributed by atoms with Gasteiger partial charge in [0.15, 0.2) is 17.3 Å². The minimum atomic E-state index is -0.678. The Morgan fingerprint density at radius 1 is 0.971 bits per heavy atom. The summed E-state index contributed by atoms with van der Waals surface area (Å²) in [5, 5.41) is 3.33. The van der Waals surface area contributed by atoms with Crippen LogP contribution < -0.4 is 21.2 Å². The topological polar surface area (TPSA) is 106 Å². The van der Waals surface area contributed by atoms with Crippen molar-refractivity contribution in [3.8, 4) is 22.6 Å². The van der Waals surface area contributed by atoms with Crippen LogP contribution >= 0.6 is 11.6 Å². The Morgan fingerprint density at radius 2 is 1.74 bits per heavy atom. The van der Waals surface area contributed by atoms with Gasteiger partial charge in [-0.1, -0.05) is 23.7 Å². The minimum Gasteiger partial charge on any atom is -0.453 e. The summed E-state index contributed by atoms with van der Waals surface area (Å²) in [6.07, 6.45) is 4.47. The molecule has 0 amide bonds. The van der Waals surface area contributed by atoms with E-state index in [9.17, 15) is 13.6 Å². The van der Waals surface area contributed by atoms with E-state index in [2.05, 4.69) is 20.3 Å². The van der Waals surface area contributed by atoms with Crippen LogP contribution in [0.15, 0.2) is 78.0 Å². The Bertz CT molecular complexity index is 1620. The van der Waals surface area contributed by atoms with E-state index >= 15 is 0 Å². The number of nitrogen functional groups attached to an aromatic ring is 1. The van der Waals surface area contributed by atoms with Crippen LogP contribution in [0.1, 0.15) is 0 Å². The molecule has 3 heterocycles. The van der Waals surface area contributed by atoms with Crippen LogP contribution in [-0.4, -0.2) is 15.0 Å². The molecule has 3 aromatic heterocycles. The van der Waals surface area contributed by atoms with Crippen LogP contribution in [0.3, 0.4) is 0 Å². The molecule has 5 rings (SSSR count). The van der Waals surface area contributed by atoms with Gasteiger partial charge in [0.2, 0.25) is 5.43 Å². The summed E-state index contributed by atoms with van der Waals surface area (Å²) in [6, 6.07) is 12.9. The predicted octanol–water partition coefficient (Wildman–Crippen LogP) is 6.03. The van der Waals surface area contributed by atoms with E-state index in [1.807, 2.05) is 0 Å². The number of halogens is 3. The molecule has 0 atom stereocenters. The first-order chi connectivity index (χ1) is 16.9. The summed E-state index contributed by atoms with van der Waals surface area (Å²) in [6.45, 7) is 0. The summed E-state index contributed by atoms with van der Waals surface area (Å²) in [5.74, 6) is -0.706. The number of nitrogens with zero attached hydrogens (tertiary/aromatic N) is 2. The summed E-state index contributed by atoms with van der Waals surface area (Å²) in [5.41, 5.74) is 7.10. The quantitative estimate of drug-likeness (QED) is 0.277. The second-order valence-corrected chi connectivity index (χ2v) is 7.88.